The van der Waals surface area contributed by atoms with Gasteiger partial charge in [-0.15, -0.1) is 0 Å². The van der Waals surface area contributed by atoms with Crippen molar-refractivity contribution in [2.45, 2.75) is 6.04 Å². The number of ether oxygens (including phenoxy) is 1. The minimum Gasteiger partial charge on any atom is -0.394 e. The molecule has 3 N–H and O–H groups in total. The van der Waals surface area contributed by atoms with E-state index in [1.54, 1.807) is 12.4 Å². The Labute approximate surface area is 94.1 Å². The molecule has 1 aromatic rings. The minimum atomic E-state index is -0.404. The summed E-state index contributed by atoms with van der Waals surface area (Å²) in [5, 5.41) is 8.90. The molecule has 6 heteroatoms. The van der Waals surface area contributed by atoms with Crippen molar-refractivity contribution < 1.29 is 9.84 Å². The van der Waals surface area contributed by atoms with E-state index < -0.39 is 6.04 Å². The lowest BCUT2D eigenvalue weighted by molar-refractivity contribution is 0.122. The third-order valence-electron chi connectivity index (χ3n) is 2.58. The molecule has 88 valence electrons. The highest BCUT2D eigenvalue weighted by molar-refractivity contribution is 5.30. The van der Waals surface area contributed by atoms with Crippen molar-refractivity contribution >= 4 is 5.95 Å². The van der Waals surface area contributed by atoms with Gasteiger partial charge in [0.25, 0.3) is 0 Å². The Morgan fingerprint density at radius 2 is 2.00 bits per heavy atom. The molecule has 0 bridgehead atoms. The van der Waals surface area contributed by atoms with Crippen molar-refractivity contribution in [3.8, 4) is 0 Å². The summed E-state index contributed by atoms with van der Waals surface area (Å²) in [7, 11) is 0. The number of aromatic nitrogens is 2. The Kier molecular flexibility index (Phi) is 3.66. The van der Waals surface area contributed by atoms with E-state index in [4.69, 9.17) is 15.6 Å². The van der Waals surface area contributed by atoms with Crippen LogP contribution in [0.15, 0.2) is 12.4 Å². The first-order valence-electron chi connectivity index (χ1n) is 5.32. The molecule has 0 aliphatic carbocycles. The van der Waals surface area contributed by atoms with Crippen LogP contribution in [0.3, 0.4) is 0 Å². The van der Waals surface area contributed by atoms with E-state index in [1.807, 2.05) is 0 Å². The van der Waals surface area contributed by atoms with E-state index in [9.17, 15) is 0 Å². The first-order valence-corrected chi connectivity index (χ1v) is 5.32. The highest BCUT2D eigenvalue weighted by Gasteiger charge is 2.14. The summed E-state index contributed by atoms with van der Waals surface area (Å²) in [6.07, 6.45) is 3.33. The van der Waals surface area contributed by atoms with Crippen LogP contribution in [0.4, 0.5) is 5.95 Å². The number of nitrogens with two attached hydrogens (primary N) is 1. The molecule has 1 fully saturated rings. The lowest BCUT2D eigenvalue weighted by atomic mass is 10.2. The molecule has 1 saturated heterocycles. The maximum atomic E-state index is 8.90. The van der Waals surface area contributed by atoms with Crippen LogP contribution in [0.2, 0.25) is 0 Å². The Balaban J connectivity index is 2.06. The van der Waals surface area contributed by atoms with E-state index >= 15 is 0 Å². The third-order valence-corrected chi connectivity index (χ3v) is 2.58. The predicted octanol–water partition coefficient (Wildman–Crippen LogP) is -0.695. The first kappa shape index (κ1) is 11.3. The first-order chi connectivity index (χ1) is 7.81. The highest BCUT2D eigenvalue weighted by Crippen LogP contribution is 2.12. The van der Waals surface area contributed by atoms with Gasteiger partial charge in [-0.1, -0.05) is 0 Å². The maximum Gasteiger partial charge on any atom is 0.225 e. The number of morpholine rings is 1. The molecular formula is C10H16N4O2. The summed E-state index contributed by atoms with van der Waals surface area (Å²) in [5.74, 6) is 0.692. The molecule has 1 aliphatic heterocycles. The van der Waals surface area contributed by atoms with E-state index in [1.165, 1.54) is 0 Å². The topological polar surface area (TPSA) is 84.5 Å². The lowest BCUT2D eigenvalue weighted by Crippen LogP contribution is -2.37. The van der Waals surface area contributed by atoms with Gasteiger partial charge in [-0.05, 0) is 0 Å². The molecular weight excluding hydrogens is 208 g/mol. The Hall–Kier alpha value is -1.24. The number of nitrogens with zero attached hydrogens (tertiary/aromatic N) is 3. The molecule has 0 spiro atoms. The molecule has 1 aliphatic rings. The van der Waals surface area contributed by atoms with Gasteiger partial charge in [-0.3, -0.25) is 0 Å². The number of rotatable bonds is 3. The molecule has 1 aromatic heterocycles. The van der Waals surface area contributed by atoms with Crippen LogP contribution in [0.5, 0.6) is 0 Å². The normalized spacial score (nSPS) is 18.5. The summed E-state index contributed by atoms with van der Waals surface area (Å²) < 4.78 is 5.25. The van der Waals surface area contributed by atoms with Crippen molar-refractivity contribution in [3.05, 3.63) is 18.0 Å². The van der Waals surface area contributed by atoms with Crippen LogP contribution in [0, 0.1) is 0 Å². The smallest absolute Gasteiger partial charge is 0.225 e. The summed E-state index contributed by atoms with van der Waals surface area (Å²) in [6.45, 7) is 2.94. The number of aliphatic hydroxyl groups excluding tert-OH is 1. The number of aliphatic hydroxyl groups is 1. The van der Waals surface area contributed by atoms with Crippen LogP contribution < -0.4 is 10.6 Å². The quantitative estimate of drug-likeness (QED) is 0.706. The van der Waals surface area contributed by atoms with Crippen molar-refractivity contribution in [2.24, 2.45) is 5.73 Å². The minimum absolute atomic E-state index is 0.0970. The van der Waals surface area contributed by atoms with Gasteiger partial charge in [0, 0.05) is 31.0 Å². The molecule has 0 amide bonds. The van der Waals surface area contributed by atoms with Crippen LogP contribution in [-0.2, 0) is 4.74 Å². The lowest BCUT2D eigenvalue weighted by Gasteiger charge is -2.26. The Bertz CT molecular complexity index is 324. The van der Waals surface area contributed by atoms with E-state index in [0.717, 1.165) is 18.7 Å². The summed E-state index contributed by atoms with van der Waals surface area (Å²) in [5.41, 5.74) is 6.41. The molecule has 2 rings (SSSR count). The average molecular weight is 224 g/mol. The predicted molar refractivity (Wildman–Crippen MR) is 59.1 cm³/mol. The monoisotopic (exact) mass is 224 g/mol. The van der Waals surface area contributed by atoms with Gasteiger partial charge in [-0.2, -0.15) is 0 Å². The summed E-state index contributed by atoms with van der Waals surface area (Å²) in [6, 6.07) is -0.404. The third kappa shape index (κ3) is 2.46. The number of hydrogen-bond acceptors (Lipinski definition) is 6. The molecule has 0 radical (unpaired) electrons. The second-order valence-electron chi connectivity index (χ2n) is 3.70. The van der Waals surface area contributed by atoms with Crippen LogP contribution in [-0.4, -0.2) is 48.0 Å². The fraction of sp³-hybridized carbons (Fsp3) is 0.600. The van der Waals surface area contributed by atoms with Gasteiger partial charge in [0.2, 0.25) is 5.95 Å². The van der Waals surface area contributed by atoms with Crippen molar-refractivity contribution in [2.75, 3.05) is 37.8 Å². The fourth-order valence-corrected chi connectivity index (χ4v) is 1.55. The Morgan fingerprint density at radius 3 is 2.56 bits per heavy atom. The molecule has 1 atom stereocenters. The van der Waals surface area contributed by atoms with Gasteiger partial charge in [0.05, 0.1) is 25.9 Å². The largest absolute Gasteiger partial charge is 0.394 e. The molecule has 16 heavy (non-hydrogen) atoms. The second-order valence-corrected chi connectivity index (χ2v) is 3.70. The second kappa shape index (κ2) is 5.20. The Morgan fingerprint density at radius 1 is 1.38 bits per heavy atom. The summed E-state index contributed by atoms with van der Waals surface area (Å²) in [4.78, 5) is 10.5. The molecule has 1 unspecified atom stereocenters. The standard InChI is InChI=1S/C10H16N4O2/c11-9(7-15)8-5-12-10(13-6-8)14-1-3-16-4-2-14/h5-6,9,15H,1-4,7,11H2. The molecule has 6 nitrogen and oxygen atoms in total. The number of anilines is 1. The average Bonchev–Trinajstić information content (AvgIpc) is 2.39. The van der Waals surface area contributed by atoms with Crippen LogP contribution in [0.1, 0.15) is 11.6 Å². The zero-order valence-corrected chi connectivity index (χ0v) is 9.04. The van der Waals surface area contributed by atoms with E-state index in [-0.39, 0.29) is 6.61 Å². The van der Waals surface area contributed by atoms with Gasteiger partial charge in [-0.25, -0.2) is 9.97 Å². The fourth-order valence-electron chi connectivity index (χ4n) is 1.55. The van der Waals surface area contributed by atoms with Crippen molar-refractivity contribution in [1.29, 1.82) is 0 Å². The zero-order chi connectivity index (χ0) is 11.4. The van der Waals surface area contributed by atoms with Gasteiger partial charge in [0.1, 0.15) is 0 Å². The van der Waals surface area contributed by atoms with Crippen molar-refractivity contribution in [1.82, 2.24) is 9.97 Å². The van der Waals surface area contributed by atoms with Gasteiger partial charge < -0.3 is 20.5 Å². The molecule has 2 heterocycles. The van der Waals surface area contributed by atoms with Gasteiger partial charge in [0.15, 0.2) is 0 Å². The van der Waals surface area contributed by atoms with E-state index in [2.05, 4.69) is 14.9 Å². The van der Waals surface area contributed by atoms with Gasteiger partial charge >= 0.3 is 0 Å². The molecule has 0 saturated carbocycles. The van der Waals surface area contributed by atoms with Crippen LogP contribution in [0.25, 0.3) is 0 Å². The maximum absolute atomic E-state index is 8.90. The zero-order valence-electron chi connectivity index (χ0n) is 9.04. The van der Waals surface area contributed by atoms with Crippen LogP contribution >= 0.6 is 0 Å². The summed E-state index contributed by atoms with van der Waals surface area (Å²) >= 11 is 0. The van der Waals surface area contributed by atoms with Crippen molar-refractivity contribution in [3.63, 3.8) is 0 Å². The molecule has 0 aromatic carbocycles. The highest BCUT2D eigenvalue weighted by atomic mass is 16.5. The number of hydrogen-bond donors (Lipinski definition) is 2. The SMILES string of the molecule is NC(CO)c1cnc(N2CCOCC2)nc1. The van der Waals surface area contributed by atoms with E-state index in [0.29, 0.717) is 19.2 Å².